The molecule has 0 aromatic heterocycles. The summed E-state index contributed by atoms with van der Waals surface area (Å²) < 4.78 is 0. The third-order valence-electron chi connectivity index (χ3n) is 2.43. The highest BCUT2D eigenvalue weighted by Crippen LogP contribution is 2.54. The van der Waals surface area contributed by atoms with Gasteiger partial charge in [-0.05, 0) is 30.8 Å². The van der Waals surface area contributed by atoms with Crippen molar-refractivity contribution in [1.29, 1.82) is 0 Å². The molecule has 3 heteroatoms. The van der Waals surface area contributed by atoms with Crippen LogP contribution in [-0.2, 0) is 4.79 Å². The maximum absolute atomic E-state index is 11.0. The molecule has 1 spiro atoms. The van der Waals surface area contributed by atoms with Crippen LogP contribution in [0.4, 0.5) is 0 Å². The van der Waals surface area contributed by atoms with Crippen molar-refractivity contribution < 1.29 is 4.79 Å². The van der Waals surface area contributed by atoms with E-state index in [-0.39, 0.29) is 22.8 Å². The van der Waals surface area contributed by atoms with Crippen LogP contribution in [0.15, 0.2) is 11.8 Å². The predicted molar refractivity (Wildman–Crippen MR) is 48.5 cm³/mol. The number of hydrogen-bond acceptors (Lipinski definition) is 2. The molecule has 1 fully saturated rings. The first-order chi connectivity index (χ1) is 4.70. The van der Waals surface area contributed by atoms with Crippen molar-refractivity contribution in [2.45, 2.75) is 25.7 Å². The van der Waals surface area contributed by atoms with E-state index in [4.69, 9.17) is 5.73 Å². The van der Waals surface area contributed by atoms with Crippen LogP contribution < -0.4 is 5.73 Å². The fourth-order valence-electron chi connectivity index (χ4n) is 1.70. The van der Waals surface area contributed by atoms with Crippen LogP contribution in [-0.4, -0.2) is 5.78 Å². The number of ketones is 1. The van der Waals surface area contributed by atoms with Crippen LogP contribution >= 0.6 is 17.0 Å². The summed E-state index contributed by atoms with van der Waals surface area (Å²) in [4.78, 5) is 11.0. The summed E-state index contributed by atoms with van der Waals surface area (Å²) >= 11 is 0. The van der Waals surface area contributed by atoms with Crippen LogP contribution in [0.3, 0.4) is 0 Å². The van der Waals surface area contributed by atoms with E-state index in [2.05, 4.69) is 0 Å². The Morgan fingerprint density at radius 3 is 2.45 bits per heavy atom. The molecule has 0 bridgehead atoms. The first-order valence-corrected chi connectivity index (χ1v) is 3.69. The summed E-state index contributed by atoms with van der Waals surface area (Å²) in [5.74, 6) is 0.223. The Hall–Kier alpha value is -0.310. The van der Waals surface area contributed by atoms with Gasteiger partial charge in [0.1, 0.15) is 0 Å². The minimum atomic E-state index is 0. The van der Waals surface area contributed by atoms with Gasteiger partial charge >= 0.3 is 0 Å². The lowest BCUT2D eigenvalue weighted by molar-refractivity contribution is -0.116. The zero-order valence-electron chi connectivity index (χ0n) is 6.30. The molecule has 2 nitrogen and oxygen atoms in total. The van der Waals surface area contributed by atoms with Gasteiger partial charge < -0.3 is 5.73 Å². The predicted octanol–water partition coefficient (Wildman–Crippen LogP) is 1.55. The number of hydrogen-bond donors (Lipinski definition) is 1. The summed E-state index contributed by atoms with van der Waals surface area (Å²) in [6, 6.07) is 0. The quantitative estimate of drug-likeness (QED) is 0.670. The van der Waals surface area contributed by atoms with E-state index in [0.717, 1.165) is 18.5 Å². The molecule has 2 N–H and O–H groups in total. The summed E-state index contributed by atoms with van der Waals surface area (Å²) in [5, 5.41) is 0. The molecule has 0 radical (unpaired) electrons. The van der Waals surface area contributed by atoms with Crippen molar-refractivity contribution >= 4 is 22.8 Å². The first kappa shape index (κ1) is 8.78. The Balaban J connectivity index is 0.000000605. The van der Waals surface area contributed by atoms with E-state index in [1.807, 2.05) is 0 Å². The van der Waals surface area contributed by atoms with E-state index in [1.54, 1.807) is 6.08 Å². The number of allylic oxidation sites excluding steroid dienone is 2. The lowest BCUT2D eigenvalue weighted by Gasteiger charge is -2.17. The largest absolute Gasteiger partial charge is 0.402 e. The average Bonchev–Trinajstić information content (AvgIpc) is 2.44. The number of nitrogens with two attached hydrogens (primary N) is 1. The van der Waals surface area contributed by atoms with Crippen LogP contribution in [0.2, 0.25) is 0 Å². The lowest BCUT2D eigenvalue weighted by atomic mass is 9.89. The van der Waals surface area contributed by atoms with Gasteiger partial charge in [0, 0.05) is 12.1 Å². The molecule has 2 aliphatic carbocycles. The highest BCUT2D eigenvalue weighted by Gasteiger charge is 2.45. The third-order valence-corrected chi connectivity index (χ3v) is 2.43. The van der Waals surface area contributed by atoms with Gasteiger partial charge in [0.15, 0.2) is 5.78 Å². The fourth-order valence-corrected chi connectivity index (χ4v) is 1.70. The maximum atomic E-state index is 11.0. The second-order valence-corrected chi connectivity index (χ2v) is 3.54. The zero-order valence-corrected chi connectivity index (χ0v) is 8.01. The number of rotatable bonds is 0. The second kappa shape index (κ2) is 2.63. The number of halogens is 1. The van der Waals surface area contributed by atoms with Gasteiger partial charge in [0.2, 0.25) is 0 Å². The molecular weight excluding hydrogens is 206 g/mol. The number of carbonyl (C=O) groups is 1. The summed E-state index contributed by atoms with van der Waals surface area (Å²) in [6.45, 7) is 0. The van der Waals surface area contributed by atoms with Gasteiger partial charge in [0.25, 0.3) is 0 Å². The van der Waals surface area contributed by atoms with Crippen molar-refractivity contribution in [2.75, 3.05) is 0 Å². The molecule has 62 valence electrons. The van der Waals surface area contributed by atoms with Crippen molar-refractivity contribution in [3.63, 3.8) is 0 Å². The standard InChI is InChI=1S/C8H11NO.BrH/c9-6-3-7(10)5-8(4-6)1-2-8;/h3H,1-2,4-5,9H2;1H. The van der Waals surface area contributed by atoms with E-state index in [1.165, 1.54) is 12.8 Å². The second-order valence-electron chi connectivity index (χ2n) is 3.54. The molecule has 2 aliphatic rings. The fraction of sp³-hybridized carbons (Fsp3) is 0.625. The SMILES string of the molecule is Br.NC1=CC(=O)CC2(CC2)C1. The van der Waals surface area contributed by atoms with Gasteiger partial charge in [-0.1, -0.05) is 0 Å². The molecular formula is C8H12BrNO. The normalized spacial score (nSPS) is 25.8. The van der Waals surface area contributed by atoms with Crippen molar-refractivity contribution in [2.24, 2.45) is 11.1 Å². The summed E-state index contributed by atoms with van der Waals surface area (Å²) in [5.41, 5.74) is 6.70. The smallest absolute Gasteiger partial charge is 0.157 e. The molecule has 0 unspecified atom stereocenters. The Morgan fingerprint density at radius 2 is 2.00 bits per heavy atom. The molecule has 1 saturated carbocycles. The Bertz CT molecular complexity index is 218. The molecule has 0 amide bonds. The Kier molecular flexibility index (Phi) is 2.10. The van der Waals surface area contributed by atoms with E-state index >= 15 is 0 Å². The van der Waals surface area contributed by atoms with Crippen LogP contribution in [0.5, 0.6) is 0 Å². The van der Waals surface area contributed by atoms with E-state index in [9.17, 15) is 4.79 Å². The highest BCUT2D eigenvalue weighted by molar-refractivity contribution is 8.93. The van der Waals surface area contributed by atoms with Gasteiger partial charge in [0.05, 0.1) is 0 Å². The molecule has 0 saturated heterocycles. The van der Waals surface area contributed by atoms with Gasteiger partial charge in [-0.25, -0.2) is 0 Å². The van der Waals surface area contributed by atoms with Crippen LogP contribution in [0.25, 0.3) is 0 Å². The maximum Gasteiger partial charge on any atom is 0.157 e. The molecule has 0 aliphatic heterocycles. The molecule has 0 atom stereocenters. The topological polar surface area (TPSA) is 43.1 Å². The van der Waals surface area contributed by atoms with Gasteiger partial charge in [-0.2, -0.15) is 0 Å². The third kappa shape index (κ3) is 1.64. The molecule has 0 heterocycles. The zero-order chi connectivity index (χ0) is 7.19. The van der Waals surface area contributed by atoms with Gasteiger partial charge in [-0.15, -0.1) is 17.0 Å². The molecule has 11 heavy (non-hydrogen) atoms. The molecule has 0 aromatic rings. The summed E-state index contributed by atoms with van der Waals surface area (Å²) in [7, 11) is 0. The van der Waals surface area contributed by atoms with Crippen LogP contribution in [0, 0.1) is 5.41 Å². The van der Waals surface area contributed by atoms with E-state index in [0.29, 0.717) is 5.41 Å². The molecule has 2 rings (SSSR count). The summed E-state index contributed by atoms with van der Waals surface area (Å²) in [6.07, 6.45) is 5.69. The first-order valence-electron chi connectivity index (χ1n) is 3.69. The Morgan fingerprint density at radius 1 is 1.36 bits per heavy atom. The van der Waals surface area contributed by atoms with Gasteiger partial charge in [-0.3, -0.25) is 4.79 Å². The Labute approximate surface area is 76.6 Å². The average molecular weight is 218 g/mol. The highest BCUT2D eigenvalue weighted by atomic mass is 79.9. The molecule has 0 aromatic carbocycles. The minimum absolute atomic E-state index is 0. The van der Waals surface area contributed by atoms with E-state index < -0.39 is 0 Å². The minimum Gasteiger partial charge on any atom is -0.402 e. The van der Waals surface area contributed by atoms with Crippen molar-refractivity contribution in [3.8, 4) is 0 Å². The van der Waals surface area contributed by atoms with Crippen molar-refractivity contribution in [1.82, 2.24) is 0 Å². The van der Waals surface area contributed by atoms with Crippen molar-refractivity contribution in [3.05, 3.63) is 11.8 Å². The lowest BCUT2D eigenvalue weighted by Crippen LogP contribution is -2.18. The van der Waals surface area contributed by atoms with Crippen LogP contribution in [0.1, 0.15) is 25.7 Å². The monoisotopic (exact) mass is 217 g/mol. The number of carbonyl (C=O) groups excluding carboxylic acids is 1.